The maximum atomic E-state index is 13.7. The number of aliphatic hydroxyl groups is 1. The number of aryl methyl sites for hydroxylation is 2. The van der Waals surface area contributed by atoms with Crippen LogP contribution in [-0.4, -0.2) is 41.3 Å². The van der Waals surface area contributed by atoms with Crippen LogP contribution in [0, 0.1) is 13.8 Å². The van der Waals surface area contributed by atoms with Gasteiger partial charge >= 0.3 is 5.91 Å². The van der Waals surface area contributed by atoms with Crippen LogP contribution in [0.2, 0.25) is 0 Å². The summed E-state index contributed by atoms with van der Waals surface area (Å²) in [7, 11) is 1.51. The summed E-state index contributed by atoms with van der Waals surface area (Å²) in [5.41, 5.74) is 3.32. The van der Waals surface area contributed by atoms with E-state index in [0.29, 0.717) is 52.2 Å². The smallest absolute Gasteiger partial charge is 0.301 e. The number of aromatic nitrogens is 1. The van der Waals surface area contributed by atoms with Crippen LogP contribution in [0.1, 0.15) is 70.4 Å². The quantitative estimate of drug-likeness (QED) is 0.0562. The summed E-state index contributed by atoms with van der Waals surface area (Å²) in [5, 5.41) is 11.8. The molecule has 1 fully saturated rings. The van der Waals surface area contributed by atoms with Crippen molar-refractivity contribution >= 4 is 39.7 Å². The van der Waals surface area contributed by atoms with Gasteiger partial charge in [-0.15, -0.1) is 0 Å². The molecule has 46 heavy (non-hydrogen) atoms. The molecule has 1 amide bonds. The van der Waals surface area contributed by atoms with Crippen LogP contribution in [0.25, 0.3) is 5.76 Å². The van der Waals surface area contributed by atoms with Crippen molar-refractivity contribution in [1.29, 1.82) is 0 Å². The van der Waals surface area contributed by atoms with Gasteiger partial charge in [0.25, 0.3) is 5.78 Å². The Kier molecular flexibility index (Phi) is 9.87. The first kappa shape index (κ1) is 32.4. The summed E-state index contributed by atoms with van der Waals surface area (Å²) in [6, 6.07) is 18.8. The number of carbonyl (C=O) groups is 3. The van der Waals surface area contributed by atoms with Gasteiger partial charge in [0.15, 0.2) is 22.4 Å². The number of ketones is 2. The Morgan fingerprint density at radius 2 is 1.76 bits per heavy atom. The van der Waals surface area contributed by atoms with Gasteiger partial charge in [0.1, 0.15) is 18.1 Å². The summed E-state index contributed by atoms with van der Waals surface area (Å²) in [6.07, 6.45) is 1.83. The first-order valence-electron chi connectivity index (χ1n) is 15.0. The van der Waals surface area contributed by atoms with Gasteiger partial charge < -0.3 is 19.3 Å². The lowest BCUT2D eigenvalue weighted by atomic mass is 9.95. The van der Waals surface area contributed by atoms with Crippen LogP contribution in [0.3, 0.4) is 0 Å². The maximum Gasteiger partial charge on any atom is 0.301 e. The first-order valence-corrected chi connectivity index (χ1v) is 15.8. The van der Waals surface area contributed by atoms with Crippen molar-refractivity contribution in [3.8, 4) is 17.2 Å². The van der Waals surface area contributed by atoms with Gasteiger partial charge in [-0.05, 0) is 67.8 Å². The van der Waals surface area contributed by atoms with Crippen molar-refractivity contribution in [1.82, 2.24) is 4.98 Å². The number of benzene rings is 3. The summed E-state index contributed by atoms with van der Waals surface area (Å²) >= 11 is 1.03. The van der Waals surface area contributed by atoms with E-state index in [0.717, 1.165) is 35.3 Å². The Hall–Kier alpha value is -4.96. The molecule has 1 N–H and O–H groups in total. The van der Waals surface area contributed by atoms with Crippen molar-refractivity contribution in [2.24, 2.45) is 0 Å². The number of unbranched alkanes of at least 4 members (excludes halogenated alkanes) is 1. The summed E-state index contributed by atoms with van der Waals surface area (Å²) in [4.78, 5) is 45.7. The molecule has 2 heterocycles. The fourth-order valence-corrected chi connectivity index (χ4v) is 6.28. The molecule has 1 unspecified atom stereocenters. The van der Waals surface area contributed by atoms with E-state index in [1.165, 1.54) is 18.9 Å². The molecule has 3 aromatic carbocycles. The van der Waals surface area contributed by atoms with E-state index in [4.69, 9.17) is 14.2 Å². The third-order valence-corrected chi connectivity index (χ3v) is 8.89. The number of nitrogens with zero attached hydrogens (tertiary/aromatic N) is 2. The topological polar surface area (TPSA) is 115 Å². The van der Waals surface area contributed by atoms with Crippen molar-refractivity contribution in [3.05, 3.63) is 105 Å². The van der Waals surface area contributed by atoms with Crippen LogP contribution >= 0.6 is 11.3 Å². The van der Waals surface area contributed by atoms with E-state index in [2.05, 4.69) is 11.9 Å². The lowest BCUT2D eigenvalue weighted by molar-refractivity contribution is -0.132. The molecule has 1 saturated heterocycles. The zero-order valence-corrected chi connectivity index (χ0v) is 27.3. The Bertz CT molecular complexity index is 1810. The monoisotopic (exact) mass is 640 g/mol. The highest BCUT2D eigenvalue weighted by Gasteiger charge is 2.48. The summed E-state index contributed by atoms with van der Waals surface area (Å²) in [6.45, 7) is 8.05. The predicted molar refractivity (Wildman–Crippen MR) is 177 cm³/mol. The number of ether oxygens (including phenoxy) is 3. The SMILES string of the molecule is CCCCOc1ccc(C2C(=C(O)c3ccc(OCc4cccc(C)c4)cc3)C(=O)C(=O)N2c2nc(C)c(C(C)=O)s2)cc1OC. The van der Waals surface area contributed by atoms with Gasteiger partial charge in [0.05, 0.1) is 35.9 Å². The molecular weight excluding hydrogens is 604 g/mol. The molecule has 5 rings (SSSR count). The molecule has 9 nitrogen and oxygen atoms in total. The first-order chi connectivity index (χ1) is 22.1. The molecule has 0 radical (unpaired) electrons. The van der Waals surface area contributed by atoms with Crippen LogP contribution < -0.4 is 19.1 Å². The number of rotatable bonds is 12. The van der Waals surface area contributed by atoms with Gasteiger partial charge in [-0.3, -0.25) is 19.3 Å². The number of anilines is 1. The Morgan fingerprint density at radius 1 is 1.00 bits per heavy atom. The minimum absolute atomic E-state index is 0.114. The van der Waals surface area contributed by atoms with E-state index in [-0.39, 0.29) is 22.2 Å². The lowest BCUT2D eigenvalue weighted by Crippen LogP contribution is -2.29. The molecule has 238 valence electrons. The van der Waals surface area contributed by atoms with Crippen molar-refractivity contribution < 1.29 is 33.7 Å². The molecule has 0 spiro atoms. The van der Waals surface area contributed by atoms with Crippen LogP contribution in [0.15, 0.2) is 72.3 Å². The van der Waals surface area contributed by atoms with Crippen molar-refractivity contribution in [3.63, 3.8) is 0 Å². The normalized spacial score (nSPS) is 15.7. The van der Waals surface area contributed by atoms with Gasteiger partial charge in [0, 0.05) is 12.5 Å². The summed E-state index contributed by atoms with van der Waals surface area (Å²) < 4.78 is 17.4. The molecule has 0 saturated carbocycles. The van der Waals surface area contributed by atoms with E-state index in [1.54, 1.807) is 49.4 Å². The van der Waals surface area contributed by atoms with E-state index >= 15 is 0 Å². The molecule has 10 heteroatoms. The third-order valence-electron chi connectivity index (χ3n) is 7.63. The van der Waals surface area contributed by atoms with Gasteiger partial charge in [0.2, 0.25) is 0 Å². The van der Waals surface area contributed by atoms with Crippen LogP contribution in [-0.2, 0) is 16.2 Å². The number of carbonyl (C=O) groups excluding carboxylic acids is 3. The fourth-order valence-electron chi connectivity index (χ4n) is 5.29. The van der Waals surface area contributed by atoms with Gasteiger partial charge in [-0.2, -0.15) is 0 Å². The summed E-state index contributed by atoms with van der Waals surface area (Å²) in [5.74, 6) is -0.783. The second-order valence-electron chi connectivity index (χ2n) is 11.1. The van der Waals surface area contributed by atoms with Crippen molar-refractivity contribution in [2.45, 2.75) is 53.2 Å². The number of hydrogen-bond acceptors (Lipinski definition) is 9. The van der Waals surface area contributed by atoms with Gasteiger partial charge in [-0.1, -0.05) is 60.6 Å². The Balaban J connectivity index is 1.55. The standard InChI is InChI=1S/C36H36N2O7S/c1-6-7-17-44-28-16-13-26(19-29(28)43-5)31-30(33(41)35(42)38(31)36-37-22(3)34(46-36)23(4)39)32(40)25-11-14-27(15-12-25)45-20-24-10-8-9-21(2)18-24/h8-16,18-19,31,40H,6-7,17,20H2,1-5H3. The molecule has 0 bridgehead atoms. The van der Waals surface area contributed by atoms with E-state index in [1.807, 2.05) is 31.2 Å². The fraction of sp³-hybridized carbons (Fsp3) is 0.278. The molecular formula is C36H36N2O7S. The zero-order chi connectivity index (χ0) is 33.0. The zero-order valence-electron chi connectivity index (χ0n) is 26.5. The minimum Gasteiger partial charge on any atom is -0.507 e. The number of hydrogen-bond donors (Lipinski definition) is 1. The Labute approximate surface area is 272 Å². The second-order valence-corrected chi connectivity index (χ2v) is 12.0. The Morgan fingerprint density at radius 3 is 2.41 bits per heavy atom. The number of thiazole rings is 1. The predicted octanol–water partition coefficient (Wildman–Crippen LogP) is 7.36. The highest BCUT2D eigenvalue weighted by molar-refractivity contribution is 7.18. The molecule has 1 aliphatic rings. The molecule has 4 aromatic rings. The number of methoxy groups -OCH3 is 1. The van der Waals surface area contributed by atoms with E-state index in [9.17, 15) is 19.5 Å². The molecule has 1 aromatic heterocycles. The number of Topliss-reactive ketones (excluding diaryl/α,β-unsaturated/α-hetero) is 2. The second kappa shape index (κ2) is 14.0. The minimum atomic E-state index is -1.05. The number of aliphatic hydroxyl groups excluding tert-OH is 1. The van der Waals surface area contributed by atoms with E-state index < -0.39 is 17.7 Å². The number of amides is 1. The van der Waals surface area contributed by atoms with Crippen LogP contribution in [0.4, 0.5) is 5.13 Å². The average Bonchev–Trinajstić information content (AvgIpc) is 3.56. The van der Waals surface area contributed by atoms with Crippen LogP contribution in [0.5, 0.6) is 17.2 Å². The largest absolute Gasteiger partial charge is 0.507 e. The molecule has 1 atom stereocenters. The third kappa shape index (κ3) is 6.67. The maximum absolute atomic E-state index is 13.7. The highest BCUT2D eigenvalue weighted by atomic mass is 32.1. The van der Waals surface area contributed by atoms with Crippen molar-refractivity contribution in [2.75, 3.05) is 18.6 Å². The average molecular weight is 641 g/mol. The highest BCUT2D eigenvalue weighted by Crippen LogP contribution is 2.45. The lowest BCUT2D eigenvalue weighted by Gasteiger charge is -2.24. The molecule has 1 aliphatic heterocycles. The molecule has 0 aliphatic carbocycles. The van der Waals surface area contributed by atoms with Gasteiger partial charge in [-0.25, -0.2) is 4.98 Å².